The molecule has 0 aliphatic carbocycles. The second-order valence-electron chi connectivity index (χ2n) is 4.67. The Hall–Kier alpha value is -2.76. The van der Waals surface area contributed by atoms with Crippen molar-refractivity contribution in [3.8, 4) is 17.2 Å². The SMILES string of the molecule is O=[N+]([O-])c1ccc(OC[CH]c2ccc3c(c2)OCCO3)cc1. The van der Waals surface area contributed by atoms with Crippen LogP contribution >= 0.6 is 0 Å². The van der Waals surface area contributed by atoms with Gasteiger partial charge in [-0.2, -0.15) is 0 Å². The number of fused-ring (bicyclic) bond motifs is 1. The summed E-state index contributed by atoms with van der Waals surface area (Å²) in [7, 11) is 0. The maximum Gasteiger partial charge on any atom is 0.269 e. The number of nitrogens with zero attached hydrogens (tertiary/aromatic N) is 1. The molecule has 0 unspecified atom stereocenters. The summed E-state index contributed by atoms with van der Waals surface area (Å²) in [5.74, 6) is 2.06. The van der Waals surface area contributed by atoms with E-state index in [1.807, 2.05) is 24.6 Å². The van der Waals surface area contributed by atoms with Crippen molar-refractivity contribution in [3.63, 3.8) is 0 Å². The predicted molar refractivity (Wildman–Crippen MR) is 79.4 cm³/mol. The number of nitro groups is 1. The zero-order valence-corrected chi connectivity index (χ0v) is 11.7. The Bertz CT molecular complexity index is 669. The van der Waals surface area contributed by atoms with E-state index in [4.69, 9.17) is 14.2 Å². The highest BCUT2D eigenvalue weighted by Gasteiger charge is 2.11. The Morgan fingerprint density at radius 1 is 1.09 bits per heavy atom. The van der Waals surface area contributed by atoms with Gasteiger partial charge in [-0.1, -0.05) is 6.07 Å². The van der Waals surface area contributed by atoms with Crippen LogP contribution in [0.4, 0.5) is 5.69 Å². The van der Waals surface area contributed by atoms with Crippen molar-refractivity contribution in [1.29, 1.82) is 0 Å². The lowest BCUT2D eigenvalue weighted by Crippen LogP contribution is -2.15. The second-order valence-corrected chi connectivity index (χ2v) is 4.67. The van der Waals surface area contributed by atoms with Crippen LogP contribution in [0.3, 0.4) is 0 Å². The first-order valence-electron chi connectivity index (χ1n) is 6.82. The molecule has 0 saturated heterocycles. The lowest BCUT2D eigenvalue weighted by atomic mass is 10.1. The highest BCUT2D eigenvalue weighted by Crippen LogP contribution is 2.31. The Balaban J connectivity index is 1.55. The van der Waals surface area contributed by atoms with Crippen LogP contribution in [0.2, 0.25) is 0 Å². The molecular weight excluding hydrogens is 286 g/mol. The summed E-state index contributed by atoms with van der Waals surface area (Å²) in [5, 5.41) is 10.6. The van der Waals surface area contributed by atoms with E-state index in [-0.39, 0.29) is 5.69 Å². The molecule has 0 aromatic heterocycles. The molecular formula is C16H14NO5. The van der Waals surface area contributed by atoms with E-state index in [9.17, 15) is 10.1 Å². The van der Waals surface area contributed by atoms with E-state index in [2.05, 4.69) is 0 Å². The van der Waals surface area contributed by atoms with E-state index < -0.39 is 4.92 Å². The van der Waals surface area contributed by atoms with Gasteiger partial charge >= 0.3 is 0 Å². The lowest BCUT2D eigenvalue weighted by Gasteiger charge is -2.18. The number of non-ortho nitro benzene ring substituents is 1. The Kier molecular flexibility index (Phi) is 4.09. The first-order valence-corrected chi connectivity index (χ1v) is 6.82. The highest BCUT2D eigenvalue weighted by atomic mass is 16.6. The fourth-order valence-corrected chi connectivity index (χ4v) is 2.09. The van der Waals surface area contributed by atoms with E-state index in [1.165, 1.54) is 12.1 Å². The van der Waals surface area contributed by atoms with E-state index >= 15 is 0 Å². The number of nitro benzene ring substituents is 1. The molecule has 0 saturated carbocycles. The molecule has 3 rings (SSSR count). The van der Waals surface area contributed by atoms with Crippen LogP contribution in [0, 0.1) is 16.5 Å². The summed E-state index contributed by atoms with van der Waals surface area (Å²) in [6.45, 7) is 1.48. The minimum Gasteiger partial charge on any atom is -0.493 e. The first-order chi connectivity index (χ1) is 10.7. The molecule has 0 atom stereocenters. The fraction of sp³-hybridized carbons (Fsp3) is 0.188. The van der Waals surface area contributed by atoms with Crippen LogP contribution in [0.5, 0.6) is 17.2 Å². The van der Waals surface area contributed by atoms with Crippen LogP contribution in [0.1, 0.15) is 5.56 Å². The first kappa shape index (κ1) is 14.2. The fourth-order valence-electron chi connectivity index (χ4n) is 2.09. The van der Waals surface area contributed by atoms with Gasteiger partial charge < -0.3 is 14.2 Å². The molecule has 0 amide bonds. The smallest absolute Gasteiger partial charge is 0.269 e. The zero-order chi connectivity index (χ0) is 15.4. The van der Waals surface area contributed by atoms with Gasteiger partial charge in [-0.3, -0.25) is 10.1 Å². The largest absolute Gasteiger partial charge is 0.493 e. The number of benzene rings is 2. The Morgan fingerprint density at radius 2 is 1.82 bits per heavy atom. The van der Waals surface area contributed by atoms with Crippen molar-refractivity contribution in [2.75, 3.05) is 19.8 Å². The van der Waals surface area contributed by atoms with Gasteiger partial charge in [0.2, 0.25) is 0 Å². The van der Waals surface area contributed by atoms with Crippen molar-refractivity contribution in [2.45, 2.75) is 0 Å². The monoisotopic (exact) mass is 300 g/mol. The van der Waals surface area contributed by atoms with Gasteiger partial charge in [0.1, 0.15) is 19.0 Å². The van der Waals surface area contributed by atoms with Crippen molar-refractivity contribution in [2.24, 2.45) is 0 Å². The molecule has 1 aliphatic rings. The van der Waals surface area contributed by atoms with Gasteiger partial charge in [-0.15, -0.1) is 0 Å². The molecule has 0 spiro atoms. The second kappa shape index (κ2) is 6.34. The average molecular weight is 300 g/mol. The lowest BCUT2D eigenvalue weighted by molar-refractivity contribution is -0.384. The molecule has 6 nitrogen and oxygen atoms in total. The number of hydrogen-bond acceptors (Lipinski definition) is 5. The molecule has 1 aliphatic heterocycles. The molecule has 2 aromatic carbocycles. The van der Waals surface area contributed by atoms with Crippen molar-refractivity contribution in [1.82, 2.24) is 0 Å². The minimum atomic E-state index is -0.439. The maximum absolute atomic E-state index is 10.6. The molecule has 2 aromatic rings. The van der Waals surface area contributed by atoms with Crippen LogP contribution in [0.15, 0.2) is 42.5 Å². The molecule has 0 N–H and O–H groups in total. The van der Waals surface area contributed by atoms with E-state index in [1.54, 1.807) is 12.1 Å². The minimum absolute atomic E-state index is 0.0446. The quantitative estimate of drug-likeness (QED) is 0.627. The topological polar surface area (TPSA) is 70.8 Å². The van der Waals surface area contributed by atoms with Gasteiger partial charge in [-0.05, 0) is 29.8 Å². The summed E-state index contributed by atoms with van der Waals surface area (Å²) in [4.78, 5) is 10.1. The van der Waals surface area contributed by atoms with Gasteiger partial charge in [-0.25, -0.2) is 0 Å². The predicted octanol–water partition coefficient (Wildman–Crippen LogP) is 3.00. The zero-order valence-electron chi connectivity index (χ0n) is 11.7. The van der Waals surface area contributed by atoms with Crippen molar-refractivity contribution < 1.29 is 19.1 Å². The third-order valence-corrected chi connectivity index (χ3v) is 3.18. The van der Waals surface area contributed by atoms with E-state index in [0.29, 0.717) is 25.6 Å². The summed E-state index contributed by atoms with van der Waals surface area (Å²) >= 11 is 0. The highest BCUT2D eigenvalue weighted by molar-refractivity contribution is 5.45. The number of hydrogen-bond donors (Lipinski definition) is 0. The summed E-state index contributed by atoms with van der Waals surface area (Å²) in [5.41, 5.74) is 1.01. The van der Waals surface area contributed by atoms with Crippen LogP contribution in [0.25, 0.3) is 0 Å². The Morgan fingerprint density at radius 3 is 2.55 bits per heavy atom. The van der Waals surface area contributed by atoms with Crippen LogP contribution in [-0.4, -0.2) is 24.7 Å². The van der Waals surface area contributed by atoms with Crippen molar-refractivity contribution in [3.05, 3.63) is 64.6 Å². The third kappa shape index (κ3) is 3.28. The Labute approximate surface area is 127 Å². The van der Waals surface area contributed by atoms with Gasteiger partial charge in [0.05, 0.1) is 11.5 Å². The van der Waals surface area contributed by atoms with E-state index in [0.717, 1.165) is 17.1 Å². The standard InChI is InChI=1S/C16H14NO5/c18-17(19)13-2-4-14(5-3-13)20-8-7-12-1-6-15-16(11-12)22-10-9-21-15/h1-7,11H,8-10H2. The number of rotatable bonds is 5. The average Bonchev–Trinajstić information content (AvgIpc) is 2.55. The third-order valence-electron chi connectivity index (χ3n) is 3.18. The number of ether oxygens (including phenoxy) is 3. The summed E-state index contributed by atoms with van der Waals surface area (Å²) < 4.78 is 16.5. The molecule has 6 heteroatoms. The molecule has 113 valence electrons. The van der Waals surface area contributed by atoms with Gasteiger partial charge in [0, 0.05) is 18.6 Å². The normalized spacial score (nSPS) is 12.7. The molecule has 1 heterocycles. The summed E-state index contributed by atoms with van der Waals surface area (Å²) in [6.07, 6.45) is 1.90. The summed E-state index contributed by atoms with van der Waals surface area (Å²) in [6, 6.07) is 11.7. The van der Waals surface area contributed by atoms with Gasteiger partial charge in [0.25, 0.3) is 5.69 Å². The molecule has 0 bridgehead atoms. The van der Waals surface area contributed by atoms with Crippen LogP contribution in [-0.2, 0) is 0 Å². The maximum atomic E-state index is 10.6. The molecule has 22 heavy (non-hydrogen) atoms. The molecule has 0 fully saturated rings. The molecule has 1 radical (unpaired) electrons. The van der Waals surface area contributed by atoms with Crippen molar-refractivity contribution >= 4 is 5.69 Å². The van der Waals surface area contributed by atoms with Crippen LogP contribution < -0.4 is 14.2 Å². The van der Waals surface area contributed by atoms with Gasteiger partial charge in [0.15, 0.2) is 11.5 Å².